The van der Waals surface area contributed by atoms with Crippen LogP contribution in [0.15, 0.2) is 30.3 Å². The van der Waals surface area contributed by atoms with Crippen LogP contribution in [0.4, 0.5) is 0 Å². The van der Waals surface area contributed by atoms with Gasteiger partial charge in [-0.1, -0.05) is 29.8 Å². The fraction of sp³-hybridized carbons (Fsp3) is 0.200. The highest BCUT2D eigenvalue weighted by Crippen LogP contribution is 2.17. The molecule has 1 aliphatic rings. The first kappa shape index (κ1) is 7.37. The van der Waals surface area contributed by atoms with Crippen molar-refractivity contribution < 1.29 is 4.84 Å². The molecule has 2 nitrogen and oxygen atoms in total. The molecule has 0 saturated heterocycles. The van der Waals surface area contributed by atoms with Crippen molar-refractivity contribution in [3.63, 3.8) is 0 Å². The zero-order valence-corrected chi connectivity index (χ0v) is 7.00. The van der Waals surface area contributed by atoms with Gasteiger partial charge in [-0.2, -0.15) is 5.48 Å². The first-order valence-electron chi connectivity index (χ1n) is 4.03. The van der Waals surface area contributed by atoms with Crippen LogP contribution in [0, 0.1) is 6.92 Å². The summed E-state index contributed by atoms with van der Waals surface area (Å²) in [5, 5.41) is 0. The zero-order chi connectivity index (χ0) is 8.39. The molecule has 2 rings (SSSR count). The van der Waals surface area contributed by atoms with E-state index < -0.39 is 0 Å². The molecule has 0 atom stereocenters. The summed E-state index contributed by atoms with van der Waals surface area (Å²) in [6.45, 7) is 2.87. The summed E-state index contributed by atoms with van der Waals surface area (Å²) in [4.78, 5) is 5.19. The second kappa shape index (κ2) is 2.99. The second-order valence-corrected chi connectivity index (χ2v) is 2.88. The Labute approximate surface area is 71.8 Å². The smallest absolute Gasteiger partial charge is 0.151 e. The molecule has 1 aliphatic heterocycles. The van der Waals surface area contributed by atoms with Gasteiger partial charge in [-0.05, 0) is 13.0 Å². The number of rotatable bonds is 1. The van der Waals surface area contributed by atoms with Crippen LogP contribution >= 0.6 is 0 Å². The fourth-order valence-electron chi connectivity index (χ4n) is 1.19. The van der Waals surface area contributed by atoms with E-state index in [1.165, 1.54) is 5.56 Å². The molecule has 0 aromatic heterocycles. The first-order valence-corrected chi connectivity index (χ1v) is 4.03. The minimum absolute atomic E-state index is 0.795. The number of benzene rings is 1. The highest BCUT2D eigenvalue weighted by atomic mass is 16.7. The predicted molar refractivity (Wildman–Crippen MR) is 48.2 cm³/mol. The van der Waals surface area contributed by atoms with Gasteiger partial charge in [0.2, 0.25) is 0 Å². The van der Waals surface area contributed by atoms with Crippen LogP contribution in [0.25, 0.3) is 5.76 Å². The molecule has 1 aromatic carbocycles. The van der Waals surface area contributed by atoms with E-state index in [1.54, 1.807) is 0 Å². The van der Waals surface area contributed by atoms with Crippen LogP contribution in [0.2, 0.25) is 0 Å². The summed E-state index contributed by atoms with van der Waals surface area (Å²) >= 11 is 0. The summed E-state index contributed by atoms with van der Waals surface area (Å²) in [6, 6.07) is 8.29. The van der Waals surface area contributed by atoms with E-state index in [4.69, 9.17) is 4.84 Å². The van der Waals surface area contributed by atoms with E-state index in [9.17, 15) is 0 Å². The van der Waals surface area contributed by atoms with Crippen molar-refractivity contribution in [1.29, 1.82) is 0 Å². The molecule has 12 heavy (non-hydrogen) atoms. The largest absolute Gasteiger partial charge is 0.408 e. The summed E-state index contributed by atoms with van der Waals surface area (Å²) in [6.07, 6.45) is 2.03. The van der Waals surface area contributed by atoms with Crippen molar-refractivity contribution in [1.82, 2.24) is 5.48 Å². The number of hydroxylamine groups is 1. The lowest BCUT2D eigenvalue weighted by molar-refractivity contribution is 0.191. The normalized spacial score (nSPS) is 15.6. The number of nitrogens with one attached hydrogen (secondary N) is 1. The second-order valence-electron chi connectivity index (χ2n) is 2.88. The average molecular weight is 161 g/mol. The molecule has 1 heterocycles. The lowest BCUT2D eigenvalue weighted by Crippen LogP contribution is -2.04. The van der Waals surface area contributed by atoms with Crippen LogP contribution in [0.5, 0.6) is 0 Å². The fourth-order valence-corrected chi connectivity index (χ4v) is 1.19. The molecular weight excluding hydrogens is 150 g/mol. The Kier molecular flexibility index (Phi) is 1.84. The van der Waals surface area contributed by atoms with Crippen LogP contribution in [-0.2, 0) is 4.84 Å². The third kappa shape index (κ3) is 1.34. The highest BCUT2D eigenvalue weighted by Gasteiger charge is 2.06. The molecule has 0 bridgehead atoms. The predicted octanol–water partition coefficient (Wildman–Crippen LogP) is 1.87. The zero-order valence-electron chi connectivity index (χ0n) is 7.00. The minimum Gasteiger partial charge on any atom is -0.408 e. The topological polar surface area (TPSA) is 21.3 Å². The quantitative estimate of drug-likeness (QED) is 0.679. The van der Waals surface area contributed by atoms with Gasteiger partial charge < -0.3 is 4.84 Å². The number of hydrogen-bond acceptors (Lipinski definition) is 2. The molecule has 0 spiro atoms. The van der Waals surface area contributed by atoms with Crippen LogP contribution < -0.4 is 5.48 Å². The number of hydrogen-bond donors (Lipinski definition) is 1. The minimum atomic E-state index is 0.795. The van der Waals surface area contributed by atoms with E-state index in [2.05, 4.69) is 36.7 Å². The Morgan fingerprint density at radius 3 is 2.58 bits per heavy atom. The maximum absolute atomic E-state index is 5.19. The Hall–Kier alpha value is -1.28. The van der Waals surface area contributed by atoms with Crippen molar-refractivity contribution in [2.75, 3.05) is 6.54 Å². The Morgan fingerprint density at radius 2 is 2.00 bits per heavy atom. The lowest BCUT2D eigenvalue weighted by Gasteiger charge is -2.02. The van der Waals surface area contributed by atoms with Gasteiger partial charge in [-0.25, -0.2) is 0 Å². The molecule has 0 radical (unpaired) electrons. The van der Waals surface area contributed by atoms with Gasteiger partial charge in [-0.15, -0.1) is 0 Å². The Morgan fingerprint density at radius 1 is 1.25 bits per heavy atom. The molecule has 62 valence electrons. The molecular formula is C10H11NO. The van der Waals surface area contributed by atoms with Gasteiger partial charge in [0.25, 0.3) is 0 Å². The molecule has 0 fully saturated rings. The third-order valence-electron chi connectivity index (χ3n) is 1.89. The molecule has 2 heteroatoms. The van der Waals surface area contributed by atoms with Crippen LogP contribution in [0.3, 0.4) is 0 Å². The summed E-state index contributed by atoms with van der Waals surface area (Å²) in [7, 11) is 0. The van der Waals surface area contributed by atoms with E-state index in [0.717, 1.165) is 17.9 Å². The summed E-state index contributed by atoms with van der Waals surface area (Å²) in [5.74, 6) is 0.926. The van der Waals surface area contributed by atoms with Gasteiger partial charge in [0.15, 0.2) is 5.76 Å². The van der Waals surface area contributed by atoms with Crippen molar-refractivity contribution in [2.24, 2.45) is 0 Å². The summed E-state index contributed by atoms with van der Waals surface area (Å²) in [5.41, 5.74) is 5.19. The monoisotopic (exact) mass is 161 g/mol. The third-order valence-corrected chi connectivity index (χ3v) is 1.89. The van der Waals surface area contributed by atoms with E-state index in [1.807, 2.05) is 6.08 Å². The van der Waals surface area contributed by atoms with Gasteiger partial charge in [0.05, 0.1) is 6.54 Å². The standard InChI is InChI=1S/C10H11NO/c1-8-2-4-9(5-3-8)10-6-7-11-12-10/h2-6,11H,7H2,1H3. The molecule has 0 aliphatic carbocycles. The van der Waals surface area contributed by atoms with Crippen molar-refractivity contribution in [3.05, 3.63) is 41.5 Å². The van der Waals surface area contributed by atoms with Crippen LogP contribution in [0.1, 0.15) is 11.1 Å². The molecule has 0 unspecified atom stereocenters. The van der Waals surface area contributed by atoms with E-state index in [0.29, 0.717) is 0 Å². The molecule has 0 saturated carbocycles. The maximum Gasteiger partial charge on any atom is 0.151 e. The molecule has 1 N–H and O–H groups in total. The van der Waals surface area contributed by atoms with E-state index >= 15 is 0 Å². The summed E-state index contributed by atoms with van der Waals surface area (Å²) < 4.78 is 0. The number of aryl methyl sites for hydroxylation is 1. The highest BCUT2D eigenvalue weighted by molar-refractivity contribution is 5.61. The van der Waals surface area contributed by atoms with Gasteiger partial charge in [0, 0.05) is 5.56 Å². The first-order chi connectivity index (χ1) is 5.86. The maximum atomic E-state index is 5.19. The van der Waals surface area contributed by atoms with Gasteiger partial charge in [0.1, 0.15) is 0 Å². The molecule has 1 aromatic rings. The van der Waals surface area contributed by atoms with Gasteiger partial charge >= 0.3 is 0 Å². The molecule has 0 amide bonds. The lowest BCUT2D eigenvalue weighted by atomic mass is 10.1. The van der Waals surface area contributed by atoms with Crippen molar-refractivity contribution in [3.8, 4) is 0 Å². The van der Waals surface area contributed by atoms with Crippen molar-refractivity contribution >= 4 is 5.76 Å². The van der Waals surface area contributed by atoms with Crippen molar-refractivity contribution in [2.45, 2.75) is 6.92 Å². The Balaban J connectivity index is 2.28. The van der Waals surface area contributed by atoms with Gasteiger partial charge in [-0.3, -0.25) is 0 Å². The SMILES string of the molecule is Cc1ccc(C2=CCNO2)cc1. The Bertz CT molecular complexity index is 300. The van der Waals surface area contributed by atoms with E-state index in [-0.39, 0.29) is 0 Å². The van der Waals surface area contributed by atoms with Crippen LogP contribution in [-0.4, -0.2) is 6.54 Å². The average Bonchev–Trinajstić information content (AvgIpc) is 2.58.